The van der Waals surface area contributed by atoms with E-state index in [0.717, 1.165) is 22.5 Å². The Bertz CT molecular complexity index is 1020. The first-order chi connectivity index (χ1) is 13.9. The fourth-order valence-corrected chi connectivity index (χ4v) is 2.97. The zero-order valence-corrected chi connectivity index (χ0v) is 16.9. The SMILES string of the molecule is Cc1ccc(C)c(NC(=O)CNc2cccc(C(=O)N(C)c3ccccc3)c2)c1. The summed E-state index contributed by atoms with van der Waals surface area (Å²) in [5.74, 6) is -0.253. The normalized spacial score (nSPS) is 10.3. The van der Waals surface area contributed by atoms with Crippen LogP contribution >= 0.6 is 0 Å². The summed E-state index contributed by atoms with van der Waals surface area (Å²) in [5.41, 5.74) is 5.01. The molecule has 5 heteroatoms. The van der Waals surface area contributed by atoms with Crippen molar-refractivity contribution >= 4 is 28.9 Å². The fourth-order valence-electron chi connectivity index (χ4n) is 2.97. The summed E-state index contributed by atoms with van der Waals surface area (Å²) >= 11 is 0. The van der Waals surface area contributed by atoms with E-state index in [0.29, 0.717) is 11.3 Å². The van der Waals surface area contributed by atoms with E-state index in [2.05, 4.69) is 10.6 Å². The van der Waals surface area contributed by atoms with Crippen molar-refractivity contribution in [2.45, 2.75) is 13.8 Å². The monoisotopic (exact) mass is 387 g/mol. The second-order valence-corrected chi connectivity index (χ2v) is 7.00. The molecule has 0 radical (unpaired) electrons. The van der Waals surface area contributed by atoms with Gasteiger partial charge in [0.2, 0.25) is 5.91 Å². The van der Waals surface area contributed by atoms with Crippen LogP contribution in [0.2, 0.25) is 0 Å². The van der Waals surface area contributed by atoms with Crippen LogP contribution in [0, 0.1) is 13.8 Å². The fraction of sp³-hybridized carbons (Fsp3) is 0.167. The number of anilines is 3. The first-order valence-corrected chi connectivity index (χ1v) is 9.48. The Labute approximate surface area is 171 Å². The molecule has 3 aromatic rings. The van der Waals surface area contributed by atoms with E-state index in [1.54, 1.807) is 30.1 Å². The number of aryl methyl sites for hydroxylation is 2. The van der Waals surface area contributed by atoms with Crippen LogP contribution in [0.3, 0.4) is 0 Å². The molecule has 0 heterocycles. The average Bonchev–Trinajstić information content (AvgIpc) is 2.74. The van der Waals surface area contributed by atoms with Crippen LogP contribution in [0.25, 0.3) is 0 Å². The van der Waals surface area contributed by atoms with Gasteiger partial charge >= 0.3 is 0 Å². The Morgan fingerprint density at radius 1 is 0.897 bits per heavy atom. The van der Waals surface area contributed by atoms with Gasteiger partial charge in [-0.3, -0.25) is 9.59 Å². The summed E-state index contributed by atoms with van der Waals surface area (Å²) < 4.78 is 0. The molecule has 0 atom stereocenters. The number of hydrogen-bond donors (Lipinski definition) is 2. The summed E-state index contributed by atoms with van der Waals surface area (Å²) in [6, 6.07) is 22.6. The maximum Gasteiger partial charge on any atom is 0.258 e. The van der Waals surface area contributed by atoms with Gasteiger partial charge in [-0.25, -0.2) is 0 Å². The van der Waals surface area contributed by atoms with Crippen LogP contribution in [0.1, 0.15) is 21.5 Å². The van der Waals surface area contributed by atoms with E-state index < -0.39 is 0 Å². The number of nitrogens with zero attached hydrogens (tertiary/aromatic N) is 1. The third kappa shape index (κ3) is 5.23. The topological polar surface area (TPSA) is 61.4 Å². The van der Waals surface area contributed by atoms with Crippen molar-refractivity contribution in [2.24, 2.45) is 0 Å². The molecule has 0 aliphatic rings. The lowest BCUT2D eigenvalue weighted by Gasteiger charge is -2.18. The molecule has 2 amide bonds. The molecule has 0 saturated heterocycles. The van der Waals surface area contributed by atoms with E-state index in [1.807, 2.05) is 68.4 Å². The van der Waals surface area contributed by atoms with Gasteiger partial charge in [-0.05, 0) is 61.4 Å². The zero-order valence-electron chi connectivity index (χ0n) is 16.9. The van der Waals surface area contributed by atoms with Gasteiger partial charge in [-0.2, -0.15) is 0 Å². The van der Waals surface area contributed by atoms with E-state index in [-0.39, 0.29) is 18.4 Å². The molecule has 0 aliphatic carbocycles. The molecule has 29 heavy (non-hydrogen) atoms. The van der Waals surface area contributed by atoms with Crippen LogP contribution in [0.15, 0.2) is 72.8 Å². The number of nitrogens with one attached hydrogen (secondary N) is 2. The second-order valence-electron chi connectivity index (χ2n) is 7.00. The number of benzene rings is 3. The van der Waals surface area contributed by atoms with Gasteiger partial charge in [0.05, 0.1) is 6.54 Å². The lowest BCUT2D eigenvalue weighted by atomic mass is 10.1. The zero-order chi connectivity index (χ0) is 20.8. The first-order valence-electron chi connectivity index (χ1n) is 9.48. The highest BCUT2D eigenvalue weighted by Crippen LogP contribution is 2.18. The summed E-state index contributed by atoms with van der Waals surface area (Å²) in [5, 5.41) is 6.01. The number of hydrogen-bond acceptors (Lipinski definition) is 3. The van der Waals surface area contributed by atoms with Crippen molar-refractivity contribution in [3.63, 3.8) is 0 Å². The third-order valence-electron chi connectivity index (χ3n) is 4.68. The molecule has 0 saturated carbocycles. The summed E-state index contributed by atoms with van der Waals surface area (Å²) in [4.78, 5) is 26.7. The standard InChI is InChI=1S/C24H25N3O2/c1-17-12-13-18(2)22(14-17)26-23(28)16-25-20-9-7-8-19(15-20)24(29)27(3)21-10-5-4-6-11-21/h4-15,25H,16H2,1-3H3,(H,26,28). The van der Waals surface area contributed by atoms with Crippen LogP contribution < -0.4 is 15.5 Å². The Balaban J connectivity index is 1.63. The van der Waals surface area contributed by atoms with Gasteiger partial charge in [-0.1, -0.05) is 36.4 Å². The van der Waals surface area contributed by atoms with Gasteiger partial charge in [0.25, 0.3) is 5.91 Å². The molecule has 3 rings (SSSR count). The quantitative estimate of drug-likeness (QED) is 0.648. The van der Waals surface area contributed by atoms with Crippen LogP contribution in [0.5, 0.6) is 0 Å². The molecule has 0 unspecified atom stereocenters. The molecule has 0 fully saturated rings. The van der Waals surface area contributed by atoms with Gasteiger partial charge in [-0.15, -0.1) is 0 Å². The van der Waals surface area contributed by atoms with E-state index in [4.69, 9.17) is 0 Å². The van der Waals surface area contributed by atoms with E-state index >= 15 is 0 Å². The maximum absolute atomic E-state index is 12.8. The van der Waals surface area contributed by atoms with Crippen LogP contribution in [-0.4, -0.2) is 25.4 Å². The van der Waals surface area contributed by atoms with Gasteiger partial charge in [0.1, 0.15) is 0 Å². The lowest BCUT2D eigenvalue weighted by Crippen LogP contribution is -2.26. The molecule has 2 N–H and O–H groups in total. The molecule has 3 aromatic carbocycles. The molecule has 0 bridgehead atoms. The number of carbonyl (C=O) groups is 2. The van der Waals surface area contributed by atoms with Gasteiger partial charge in [0, 0.05) is 29.7 Å². The van der Waals surface area contributed by atoms with E-state index in [9.17, 15) is 9.59 Å². The lowest BCUT2D eigenvalue weighted by molar-refractivity contribution is -0.114. The summed E-state index contributed by atoms with van der Waals surface area (Å²) in [6.45, 7) is 4.06. The van der Waals surface area contributed by atoms with Gasteiger partial charge in [0.15, 0.2) is 0 Å². The Morgan fingerprint density at radius 3 is 2.41 bits per heavy atom. The van der Waals surface area contributed by atoms with Crippen molar-refractivity contribution in [2.75, 3.05) is 29.1 Å². The minimum atomic E-state index is -0.142. The van der Waals surface area contributed by atoms with Crippen molar-refractivity contribution in [3.8, 4) is 0 Å². The van der Waals surface area contributed by atoms with Crippen LogP contribution in [0.4, 0.5) is 17.1 Å². The Kier molecular flexibility index (Phi) is 6.29. The third-order valence-corrected chi connectivity index (χ3v) is 4.68. The summed E-state index contributed by atoms with van der Waals surface area (Å²) in [6.07, 6.45) is 0. The number of carbonyl (C=O) groups excluding carboxylic acids is 2. The minimum absolute atomic E-state index is 0.111. The Morgan fingerprint density at radius 2 is 1.66 bits per heavy atom. The first kappa shape index (κ1) is 20.1. The van der Waals surface area contributed by atoms with E-state index in [1.165, 1.54) is 0 Å². The van der Waals surface area contributed by atoms with Gasteiger partial charge < -0.3 is 15.5 Å². The highest BCUT2D eigenvalue weighted by Gasteiger charge is 2.14. The molecule has 5 nitrogen and oxygen atoms in total. The van der Waals surface area contributed by atoms with Crippen LogP contribution in [-0.2, 0) is 4.79 Å². The predicted molar refractivity (Wildman–Crippen MR) is 119 cm³/mol. The Hall–Kier alpha value is -3.60. The number of amides is 2. The highest BCUT2D eigenvalue weighted by molar-refractivity contribution is 6.06. The van der Waals surface area contributed by atoms with Crippen molar-refractivity contribution in [1.82, 2.24) is 0 Å². The predicted octanol–water partition coefficient (Wildman–Crippen LogP) is 4.63. The minimum Gasteiger partial charge on any atom is -0.376 e. The molecule has 148 valence electrons. The second kappa shape index (κ2) is 9.06. The molecular weight excluding hydrogens is 362 g/mol. The smallest absolute Gasteiger partial charge is 0.258 e. The number of para-hydroxylation sites is 1. The van der Waals surface area contributed by atoms with Crippen molar-refractivity contribution in [3.05, 3.63) is 89.5 Å². The molecular formula is C24H25N3O2. The summed E-state index contributed by atoms with van der Waals surface area (Å²) in [7, 11) is 1.75. The van der Waals surface area contributed by atoms with Crippen molar-refractivity contribution in [1.29, 1.82) is 0 Å². The molecule has 0 spiro atoms. The largest absolute Gasteiger partial charge is 0.376 e. The number of rotatable bonds is 6. The molecule has 0 aromatic heterocycles. The van der Waals surface area contributed by atoms with Crippen molar-refractivity contribution < 1.29 is 9.59 Å². The molecule has 0 aliphatic heterocycles. The average molecular weight is 387 g/mol. The maximum atomic E-state index is 12.8. The highest BCUT2D eigenvalue weighted by atomic mass is 16.2.